The number of rotatable bonds is 1. The van der Waals surface area contributed by atoms with E-state index in [4.69, 9.17) is 5.73 Å². The van der Waals surface area contributed by atoms with E-state index in [2.05, 4.69) is 21.8 Å². The average molecular weight is 194 g/mol. The van der Waals surface area contributed by atoms with Crippen molar-refractivity contribution in [2.24, 2.45) is 10.7 Å². The fourth-order valence-corrected chi connectivity index (χ4v) is 1.92. The monoisotopic (exact) mass is 194 g/mol. The lowest BCUT2D eigenvalue weighted by Crippen LogP contribution is -2.49. The zero-order valence-electron chi connectivity index (χ0n) is 8.69. The van der Waals surface area contributed by atoms with Crippen LogP contribution in [-0.2, 0) is 0 Å². The lowest BCUT2D eigenvalue weighted by Gasteiger charge is -2.36. The van der Waals surface area contributed by atoms with Crippen LogP contribution in [0.4, 0.5) is 0 Å². The van der Waals surface area contributed by atoms with Crippen molar-refractivity contribution in [3.05, 3.63) is 11.9 Å². The molecule has 1 atom stereocenters. The highest BCUT2D eigenvalue weighted by Gasteiger charge is 2.21. The van der Waals surface area contributed by atoms with Crippen molar-refractivity contribution in [3.8, 4) is 0 Å². The van der Waals surface area contributed by atoms with Gasteiger partial charge in [0, 0.05) is 38.4 Å². The first kappa shape index (κ1) is 9.68. The van der Waals surface area contributed by atoms with Crippen LogP contribution in [0.25, 0.3) is 0 Å². The molecular weight excluding hydrogens is 176 g/mol. The van der Waals surface area contributed by atoms with Crippen molar-refractivity contribution in [1.82, 2.24) is 9.80 Å². The smallest absolute Gasteiger partial charge is 0.118 e. The zero-order chi connectivity index (χ0) is 9.97. The molecule has 0 aliphatic carbocycles. The van der Waals surface area contributed by atoms with E-state index in [1.807, 2.05) is 12.3 Å². The quantitative estimate of drug-likeness (QED) is 0.633. The summed E-state index contributed by atoms with van der Waals surface area (Å²) in [5.74, 6) is 0.662. The summed E-state index contributed by atoms with van der Waals surface area (Å²) in [5, 5.41) is 0. The molecule has 2 aliphatic heterocycles. The Kier molecular flexibility index (Phi) is 2.84. The fourth-order valence-electron chi connectivity index (χ4n) is 1.92. The van der Waals surface area contributed by atoms with E-state index < -0.39 is 0 Å². The maximum Gasteiger partial charge on any atom is 0.118 e. The second kappa shape index (κ2) is 4.11. The molecule has 0 saturated carbocycles. The first-order valence-electron chi connectivity index (χ1n) is 5.18. The molecular formula is C10H18N4. The molecule has 2 N–H and O–H groups in total. The molecule has 2 heterocycles. The first-order chi connectivity index (χ1) is 6.75. The van der Waals surface area contributed by atoms with Gasteiger partial charge in [-0.25, -0.2) is 4.99 Å². The third kappa shape index (κ3) is 2.13. The summed E-state index contributed by atoms with van der Waals surface area (Å²) in [6.45, 7) is 4.59. The fraction of sp³-hybridized carbons (Fsp3) is 0.700. The van der Waals surface area contributed by atoms with E-state index in [1.165, 1.54) is 0 Å². The van der Waals surface area contributed by atoms with Crippen molar-refractivity contribution in [1.29, 1.82) is 0 Å². The molecule has 0 aromatic carbocycles. The van der Waals surface area contributed by atoms with Crippen LogP contribution >= 0.6 is 0 Å². The molecule has 1 saturated heterocycles. The molecule has 0 aromatic heterocycles. The summed E-state index contributed by atoms with van der Waals surface area (Å²) in [4.78, 5) is 9.00. The predicted octanol–water partition coefficient (Wildman–Crippen LogP) is -0.123. The van der Waals surface area contributed by atoms with Crippen LogP contribution in [0.15, 0.2) is 16.9 Å². The van der Waals surface area contributed by atoms with Crippen LogP contribution in [0, 0.1) is 0 Å². The van der Waals surface area contributed by atoms with Crippen LogP contribution in [0.5, 0.6) is 0 Å². The van der Waals surface area contributed by atoms with Crippen LogP contribution in [0.1, 0.15) is 6.42 Å². The Bertz CT molecular complexity index is 251. The zero-order valence-corrected chi connectivity index (χ0v) is 8.69. The summed E-state index contributed by atoms with van der Waals surface area (Å²) in [6, 6.07) is 0.469. The first-order valence-corrected chi connectivity index (χ1v) is 5.18. The highest BCUT2D eigenvalue weighted by molar-refractivity contribution is 5.67. The SMILES string of the molecule is CN1CCN(C2C=NC(N)=CC2)CC1. The van der Waals surface area contributed by atoms with Crippen LogP contribution in [-0.4, -0.2) is 55.3 Å². The Labute approximate surface area is 85.1 Å². The summed E-state index contributed by atoms with van der Waals surface area (Å²) < 4.78 is 0. The van der Waals surface area contributed by atoms with Crippen molar-refractivity contribution >= 4 is 6.21 Å². The molecule has 0 aromatic rings. The Hall–Kier alpha value is -0.870. The normalized spacial score (nSPS) is 30.4. The number of piperazine rings is 1. The largest absolute Gasteiger partial charge is 0.384 e. The highest BCUT2D eigenvalue weighted by Crippen LogP contribution is 2.11. The van der Waals surface area contributed by atoms with Gasteiger partial charge in [-0.15, -0.1) is 0 Å². The highest BCUT2D eigenvalue weighted by atomic mass is 15.3. The molecule has 2 rings (SSSR count). The van der Waals surface area contributed by atoms with E-state index in [0.717, 1.165) is 32.6 Å². The number of hydrogen-bond donors (Lipinski definition) is 1. The summed E-state index contributed by atoms with van der Waals surface area (Å²) >= 11 is 0. The van der Waals surface area contributed by atoms with Gasteiger partial charge in [0.1, 0.15) is 5.82 Å². The molecule has 4 heteroatoms. The lowest BCUT2D eigenvalue weighted by atomic mass is 10.1. The number of likely N-dealkylation sites (N-methyl/N-ethyl adjacent to an activating group) is 1. The average Bonchev–Trinajstić information content (AvgIpc) is 2.21. The summed E-state index contributed by atoms with van der Waals surface area (Å²) in [5.41, 5.74) is 5.58. The second-order valence-corrected chi connectivity index (χ2v) is 4.05. The predicted molar refractivity (Wildman–Crippen MR) is 58.2 cm³/mol. The molecule has 0 amide bonds. The van der Waals surface area contributed by atoms with Gasteiger partial charge in [0.25, 0.3) is 0 Å². The van der Waals surface area contributed by atoms with Crippen molar-refractivity contribution in [2.75, 3.05) is 33.2 Å². The number of nitrogens with zero attached hydrogens (tertiary/aromatic N) is 3. The number of hydrogen-bond acceptors (Lipinski definition) is 4. The molecule has 0 bridgehead atoms. The topological polar surface area (TPSA) is 44.9 Å². The maximum absolute atomic E-state index is 5.58. The van der Waals surface area contributed by atoms with Gasteiger partial charge in [-0.3, -0.25) is 4.90 Å². The van der Waals surface area contributed by atoms with E-state index in [1.54, 1.807) is 0 Å². The van der Waals surface area contributed by atoms with Gasteiger partial charge < -0.3 is 10.6 Å². The Balaban J connectivity index is 1.88. The number of aliphatic imine (C=N–C) groups is 1. The van der Waals surface area contributed by atoms with Gasteiger partial charge in [0.05, 0.1) is 0 Å². The van der Waals surface area contributed by atoms with Crippen LogP contribution in [0.2, 0.25) is 0 Å². The molecule has 0 spiro atoms. The van der Waals surface area contributed by atoms with Crippen molar-refractivity contribution < 1.29 is 0 Å². The van der Waals surface area contributed by atoms with Crippen LogP contribution in [0.3, 0.4) is 0 Å². The van der Waals surface area contributed by atoms with E-state index in [9.17, 15) is 0 Å². The van der Waals surface area contributed by atoms with Crippen molar-refractivity contribution in [3.63, 3.8) is 0 Å². The lowest BCUT2D eigenvalue weighted by molar-refractivity contribution is 0.138. The van der Waals surface area contributed by atoms with Gasteiger partial charge >= 0.3 is 0 Å². The second-order valence-electron chi connectivity index (χ2n) is 4.05. The van der Waals surface area contributed by atoms with E-state index in [-0.39, 0.29) is 0 Å². The Morgan fingerprint density at radius 2 is 2.07 bits per heavy atom. The molecule has 1 fully saturated rings. The minimum absolute atomic E-state index is 0.469. The van der Waals surface area contributed by atoms with Gasteiger partial charge in [-0.2, -0.15) is 0 Å². The maximum atomic E-state index is 5.58. The Morgan fingerprint density at radius 3 is 2.64 bits per heavy atom. The summed E-state index contributed by atoms with van der Waals surface area (Å²) in [7, 11) is 2.17. The molecule has 1 unspecified atom stereocenters. The minimum atomic E-state index is 0.469. The molecule has 4 nitrogen and oxygen atoms in total. The van der Waals surface area contributed by atoms with Gasteiger partial charge in [-0.05, 0) is 19.5 Å². The van der Waals surface area contributed by atoms with Crippen LogP contribution < -0.4 is 5.73 Å². The van der Waals surface area contributed by atoms with E-state index in [0.29, 0.717) is 11.9 Å². The van der Waals surface area contributed by atoms with Gasteiger partial charge in [0.15, 0.2) is 0 Å². The van der Waals surface area contributed by atoms with Gasteiger partial charge in [0.2, 0.25) is 0 Å². The minimum Gasteiger partial charge on any atom is -0.384 e. The molecule has 0 radical (unpaired) electrons. The Morgan fingerprint density at radius 1 is 1.36 bits per heavy atom. The number of nitrogens with two attached hydrogens (primary N) is 1. The molecule has 14 heavy (non-hydrogen) atoms. The third-order valence-electron chi connectivity index (χ3n) is 2.97. The van der Waals surface area contributed by atoms with E-state index >= 15 is 0 Å². The molecule has 78 valence electrons. The van der Waals surface area contributed by atoms with Gasteiger partial charge in [-0.1, -0.05) is 0 Å². The summed E-state index contributed by atoms with van der Waals surface area (Å²) in [6.07, 6.45) is 5.02. The third-order valence-corrected chi connectivity index (χ3v) is 2.97. The molecule has 2 aliphatic rings. The standard InChI is InChI=1S/C10H18N4/c1-13-4-6-14(7-5-13)9-2-3-10(11)12-8-9/h3,8-9H,2,4-7,11H2,1H3. The van der Waals surface area contributed by atoms with Crippen molar-refractivity contribution in [2.45, 2.75) is 12.5 Å².